The number of nitrogens with zero attached hydrogens (tertiary/aromatic N) is 1. The van der Waals surface area contributed by atoms with Gasteiger partial charge in [-0.1, -0.05) is 17.7 Å². The first-order chi connectivity index (χ1) is 7.66. The van der Waals surface area contributed by atoms with E-state index in [0.29, 0.717) is 23.7 Å². The Labute approximate surface area is 98.2 Å². The number of amides is 2. The molecule has 5 heteroatoms. The zero-order valence-electron chi connectivity index (χ0n) is 8.57. The average molecular weight is 239 g/mol. The normalized spacial score (nSPS) is 15.8. The van der Waals surface area contributed by atoms with Crippen molar-refractivity contribution >= 4 is 23.4 Å². The van der Waals surface area contributed by atoms with E-state index in [2.05, 4.69) is 5.32 Å². The van der Waals surface area contributed by atoms with Crippen molar-refractivity contribution in [1.82, 2.24) is 10.2 Å². The van der Waals surface area contributed by atoms with Gasteiger partial charge >= 0.3 is 0 Å². The molecule has 0 spiro atoms. The highest BCUT2D eigenvalue weighted by Gasteiger charge is 2.22. The van der Waals surface area contributed by atoms with Crippen molar-refractivity contribution in [2.24, 2.45) is 0 Å². The standard InChI is InChI=1S/C11H11ClN2O2/c12-9-3-1-2-8(6-9)11(16)14-5-4-13-10(15)7-14/h1-3,6H,4-5,7H2,(H,13,15). The maximum Gasteiger partial charge on any atom is 0.254 e. The van der Waals surface area contributed by atoms with E-state index in [4.69, 9.17) is 11.6 Å². The van der Waals surface area contributed by atoms with Crippen LogP contribution in [-0.2, 0) is 4.79 Å². The predicted molar refractivity (Wildman–Crippen MR) is 60.4 cm³/mol. The first-order valence-electron chi connectivity index (χ1n) is 4.98. The number of rotatable bonds is 1. The summed E-state index contributed by atoms with van der Waals surface area (Å²) in [5.74, 6) is -0.279. The van der Waals surface area contributed by atoms with Crippen LogP contribution in [0.4, 0.5) is 0 Å². The highest BCUT2D eigenvalue weighted by molar-refractivity contribution is 6.30. The Morgan fingerprint density at radius 3 is 2.94 bits per heavy atom. The summed E-state index contributed by atoms with van der Waals surface area (Å²) in [4.78, 5) is 24.6. The Bertz CT molecular complexity index is 434. The molecule has 0 aromatic heterocycles. The van der Waals surface area contributed by atoms with Crippen LogP contribution in [0.5, 0.6) is 0 Å². The molecule has 0 radical (unpaired) electrons. The third-order valence-electron chi connectivity index (χ3n) is 2.40. The monoisotopic (exact) mass is 238 g/mol. The quantitative estimate of drug-likeness (QED) is 0.791. The van der Waals surface area contributed by atoms with Gasteiger partial charge in [0.2, 0.25) is 5.91 Å². The molecule has 0 unspecified atom stereocenters. The van der Waals surface area contributed by atoms with Crippen molar-refractivity contribution in [1.29, 1.82) is 0 Å². The zero-order valence-corrected chi connectivity index (χ0v) is 9.33. The van der Waals surface area contributed by atoms with Crippen LogP contribution in [0.1, 0.15) is 10.4 Å². The Kier molecular flexibility index (Phi) is 3.10. The fourth-order valence-corrected chi connectivity index (χ4v) is 1.81. The minimum Gasteiger partial charge on any atom is -0.353 e. The van der Waals surface area contributed by atoms with Gasteiger partial charge in [0, 0.05) is 23.7 Å². The van der Waals surface area contributed by atoms with Gasteiger partial charge in [0.05, 0.1) is 6.54 Å². The lowest BCUT2D eigenvalue weighted by Crippen LogP contribution is -2.49. The second-order valence-corrected chi connectivity index (χ2v) is 4.02. The van der Waals surface area contributed by atoms with Crippen LogP contribution in [0, 0.1) is 0 Å². The van der Waals surface area contributed by atoms with Crippen LogP contribution >= 0.6 is 11.6 Å². The molecule has 1 N–H and O–H groups in total. The van der Waals surface area contributed by atoms with E-state index in [1.807, 2.05) is 0 Å². The molecule has 1 aromatic carbocycles. The molecule has 1 aromatic rings. The lowest BCUT2D eigenvalue weighted by molar-refractivity contribution is -0.123. The molecule has 0 bridgehead atoms. The highest BCUT2D eigenvalue weighted by atomic mass is 35.5. The molecule has 0 saturated carbocycles. The molecule has 2 amide bonds. The first kappa shape index (κ1) is 11.0. The Morgan fingerprint density at radius 1 is 1.44 bits per heavy atom. The number of nitrogens with one attached hydrogen (secondary N) is 1. The summed E-state index contributed by atoms with van der Waals surface area (Å²) in [5.41, 5.74) is 0.516. The Hall–Kier alpha value is -1.55. The van der Waals surface area contributed by atoms with Gasteiger partial charge in [-0.3, -0.25) is 9.59 Å². The molecule has 1 aliphatic rings. The molecular formula is C11H11ClN2O2. The fourth-order valence-electron chi connectivity index (χ4n) is 1.62. The predicted octanol–water partition coefficient (Wildman–Crippen LogP) is 0.912. The minimum absolute atomic E-state index is 0.116. The summed E-state index contributed by atoms with van der Waals surface area (Å²) >= 11 is 5.81. The third kappa shape index (κ3) is 2.33. The van der Waals surface area contributed by atoms with Crippen molar-refractivity contribution in [2.75, 3.05) is 19.6 Å². The van der Waals surface area contributed by atoms with E-state index < -0.39 is 0 Å². The summed E-state index contributed by atoms with van der Waals surface area (Å²) in [5, 5.41) is 3.19. The van der Waals surface area contributed by atoms with Crippen LogP contribution < -0.4 is 5.32 Å². The molecule has 0 aliphatic carbocycles. The van der Waals surface area contributed by atoms with Crippen molar-refractivity contribution < 1.29 is 9.59 Å². The van der Waals surface area contributed by atoms with Gasteiger partial charge in [-0.2, -0.15) is 0 Å². The van der Waals surface area contributed by atoms with E-state index in [9.17, 15) is 9.59 Å². The van der Waals surface area contributed by atoms with E-state index >= 15 is 0 Å². The topological polar surface area (TPSA) is 49.4 Å². The van der Waals surface area contributed by atoms with Gasteiger partial charge in [-0.15, -0.1) is 0 Å². The molecule has 84 valence electrons. The minimum atomic E-state index is -0.155. The van der Waals surface area contributed by atoms with E-state index in [1.54, 1.807) is 24.3 Å². The lowest BCUT2D eigenvalue weighted by atomic mass is 10.2. The molecule has 1 fully saturated rings. The van der Waals surface area contributed by atoms with Crippen molar-refractivity contribution in [3.8, 4) is 0 Å². The van der Waals surface area contributed by atoms with Crippen LogP contribution in [0.2, 0.25) is 5.02 Å². The molecule has 2 rings (SSSR count). The van der Waals surface area contributed by atoms with Gasteiger partial charge in [0.25, 0.3) is 5.91 Å². The van der Waals surface area contributed by atoms with Gasteiger partial charge in [-0.25, -0.2) is 0 Å². The highest BCUT2D eigenvalue weighted by Crippen LogP contribution is 2.13. The zero-order chi connectivity index (χ0) is 11.5. The van der Waals surface area contributed by atoms with Gasteiger partial charge in [-0.05, 0) is 18.2 Å². The number of piperazine rings is 1. The number of hydrogen-bond acceptors (Lipinski definition) is 2. The molecule has 4 nitrogen and oxygen atoms in total. The number of hydrogen-bond donors (Lipinski definition) is 1. The average Bonchev–Trinajstić information content (AvgIpc) is 2.28. The number of benzene rings is 1. The van der Waals surface area contributed by atoms with Gasteiger partial charge in [0.1, 0.15) is 0 Å². The van der Waals surface area contributed by atoms with Gasteiger partial charge < -0.3 is 10.2 Å². The molecule has 16 heavy (non-hydrogen) atoms. The number of carbonyl (C=O) groups is 2. The fraction of sp³-hybridized carbons (Fsp3) is 0.273. The van der Waals surface area contributed by atoms with Crippen molar-refractivity contribution in [2.45, 2.75) is 0 Å². The van der Waals surface area contributed by atoms with Crippen LogP contribution in [0.15, 0.2) is 24.3 Å². The van der Waals surface area contributed by atoms with Crippen molar-refractivity contribution in [3.63, 3.8) is 0 Å². The molecule has 1 aliphatic heterocycles. The SMILES string of the molecule is O=C1CN(C(=O)c2cccc(Cl)c2)CCN1. The van der Waals surface area contributed by atoms with Gasteiger partial charge in [0.15, 0.2) is 0 Å². The lowest BCUT2D eigenvalue weighted by Gasteiger charge is -2.26. The summed E-state index contributed by atoms with van der Waals surface area (Å²) in [6.45, 7) is 1.16. The van der Waals surface area contributed by atoms with Crippen LogP contribution in [0.25, 0.3) is 0 Å². The molecule has 1 saturated heterocycles. The van der Waals surface area contributed by atoms with E-state index in [1.165, 1.54) is 4.90 Å². The molecule has 1 heterocycles. The van der Waals surface area contributed by atoms with E-state index in [0.717, 1.165) is 0 Å². The Balaban J connectivity index is 2.15. The second kappa shape index (κ2) is 4.53. The summed E-state index contributed by atoms with van der Waals surface area (Å²) in [6.07, 6.45) is 0. The maximum absolute atomic E-state index is 12.0. The smallest absolute Gasteiger partial charge is 0.254 e. The summed E-state index contributed by atoms with van der Waals surface area (Å²) in [6, 6.07) is 6.73. The van der Waals surface area contributed by atoms with Crippen LogP contribution in [0.3, 0.4) is 0 Å². The largest absolute Gasteiger partial charge is 0.353 e. The first-order valence-corrected chi connectivity index (χ1v) is 5.36. The molecular weight excluding hydrogens is 228 g/mol. The number of halogens is 1. The summed E-state index contributed by atoms with van der Waals surface area (Å²) < 4.78 is 0. The summed E-state index contributed by atoms with van der Waals surface area (Å²) in [7, 11) is 0. The van der Waals surface area contributed by atoms with Crippen molar-refractivity contribution in [3.05, 3.63) is 34.9 Å². The van der Waals surface area contributed by atoms with E-state index in [-0.39, 0.29) is 18.4 Å². The van der Waals surface area contributed by atoms with Crippen LogP contribution in [-0.4, -0.2) is 36.3 Å². The molecule has 0 atom stereocenters. The third-order valence-corrected chi connectivity index (χ3v) is 2.63. The Morgan fingerprint density at radius 2 is 2.25 bits per heavy atom. The maximum atomic E-state index is 12.0. The second-order valence-electron chi connectivity index (χ2n) is 3.59. The number of carbonyl (C=O) groups excluding carboxylic acids is 2.